The van der Waals surface area contributed by atoms with Crippen molar-refractivity contribution >= 4 is 29.9 Å². The van der Waals surface area contributed by atoms with Gasteiger partial charge in [-0.25, -0.2) is 0 Å². The lowest BCUT2D eigenvalue weighted by Gasteiger charge is -2.21. The molecule has 0 saturated carbocycles. The third-order valence-corrected chi connectivity index (χ3v) is 5.09. The van der Waals surface area contributed by atoms with Crippen LogP contribution in [0.15, 0.2) is 15.6 Å². The van der Waals surface area contributed by atoms with Crippen LogP contribution in [-0.4, -0.2) is 51.1 Å². The average molecular weight is 508 g/mol. The number of aromatic nitrogens is 1. The van der Waals surface area contributed by atoms with Gasteiger partial charge in [-0.2, -0.15) is 0 Å². The predicted octanol–water partition coefficient (Wildman–Crippen LogP) is 3.69. The highest BCUT2D eigenvalue weighted by Gasteiger charge is 2.14. The molecule has 0 unspecified atom stereocenters. The average Bonchev–Trinajstić information content (AvgIpc) is 3.17. The first-order valence-corrected chi connectivity index (χ1v) is 10.3. The zero-order chi connectivity index (χ0) is 19.3. The quantitative estimate of drug-likeness (QED) is 0.206. The number of hydrogen-bond donors (Lipinski definition) is 2. The highest BCUT2D eigenvalue weighted by Crippen LogP contribution is 2.22. The monoisotopic (exact) mass is 508 g/mol. The fourth-order valence-electron chi connectivity index (χ4n) is 3.25. The maximum atomic E-state index is 5.79. The Morgan fingerprint density at radius 3 is 2.71 bits per heavy atom. The van der Waals surface area contributed by atoms with Gasteiger partial charge in [-0.05, 0) is 38.0 Å². The minimum absolute atomic E-state index is 0. The molecule has 0 aliphatic carbocycles. The molecule has 1 aliphatic rings. The van der Waals surface area contributed by atoms with Crippen LogP contribution in [0.2, 0.25) is 0 Å². The van der Waals surface area contributed by atoms with Gasteiger partial charge in [-0.1, -0.05) is 19.0 Å². The Bertz CT molecular complexity index is 543. The summed E-state index contributed by atoms with van der Waals surface area (Å²) in [4.78, 5) is 4.25. The third-order valence-electron chi connectivity index (χ3n) is 5.09. The Labute approximate surface area is 186 Å². The first-order chi connectivity index (χ1) is 13.3. The molecule has 1 saturated heterocycles. The van der Waals surface area contributed by atoms with Gasteiger partial charge >= 0.3 is 0 Å². The highest BCUT2D eigenvalue weighted by molar-refractivity contribution is 14.0. The van der Waals surface area contributed by atoms with E-state index in [1.807, 2.05) is 6.07 Å². The molecule has 0 radical (unpaired) electrons. The van der Waals surface area contributed by atoms with Crippen molar-refractivity contribution in [1.29, 1.82) is 0 Å². The van der Waals surface area contributed by atoms with Crippen LogP contribution in [0.25, 0.3) is 0 Å². The van der Waals surface area contributed by atoms with Gasteiger partial charge in [0.15, 0.2) is 11.7 Å². The van der Waals surface area contributed by atoms with Crippen molar-refractivity contribution in [2.45, 2.75) is 58.4 Å². The van der Waals surface area contributed by atoms with Crippen molar-refractivity contribution in [3.63, 3.8) is 0 Å². The Kier molecular flexibility index (Phi) is 13.5. The molecule has 28 heavy (non-hydrogen) atoms. The molecule has 7 nitrogen and oxygen atoms in total. The second kappa shape index (κ2) is 15.0. The van der Waals surface area contributed by atoms with E-state index in [4.69, 9.17) is 14.0 Å². The number of nitrogens with one attached hydrogen (secondary N) is 2. The first-order valence-electron chi connectivity index (χ1n) is 10.3. The number of hydrogen-bond acceptors (Lipinski definition) is 5. The lowest BCUT2D eigenvalue weighted by Crippen LogP contribution is -2.37. The van der Waals surface area contributed by atoms with Crippen molar-refractivity contribution in [3.8, 4) is 0 Å². The number of rotatable bonds is 11. The predicted molar refractivity (Wildman–Crippen MR) is 122 cm³/mol. The molecule has 0 bridgehead atoms. The van der Waals surface area contributed by atoms with E-state index in [0.717, 1.165) is 82.5 Å². The summed E-state index contributed by atoms with van der Waals surface area (Å²) >= 11 is 0. The van der Waals surface area contributed by atoms with Crippen LogP contribution in [0.5, 0.6) is 0 Å². The fraction of sp³-hybridized carbons (Fsp3) is 0.800. The molecular weight excluding hydrogens is 471 g/mol. The van der Waals surface area contributed by atoms with E-state index in [-0.39, 0.29) is 24.0 Å². The van der Waals surface area contributed by atoms with Gasteiger partial charge in [0.05, 0.1) is 12.2 Å². The Hall–Kier alpha value is -0.870. The molecule has 0 amide bonds. The van der Waals surface area contributed by atoms with Gasteiger partial charge in [-0.15, -0.1) is 24.0 Å². The molecule has 2 rings (SSSR count). The largest absolute Gasteiger partial charge is 0.381 e. The van der Waals surface area contributed by atoms with Gasteiger partial charge in [0.1, 0.15) is 0 Å². The summed E-state index contributed by atoms with van der Waals surface area (Å²) < 4.78 is 16.6. The van der Waals surface area contributed by atoms with E-state index < -0.39 is 0 Å². The van der Waals surface area contributed by atoms with Crippen LogP contribution in [0.3, 0.4) is 0 Å². The molecule has 0 spiro atoms. The van der Waals surface area contributed by atoms with Crippen LogP contribution < -0.4 is 10.6 Å². The summed E-state index contributed by atoms with van der Waals surface area (Å²) in [6.07, 6.45) is 5.35. The van der Waals surface area contributed by atoms with Crippen LogP contribution in [0, 0.1) is 5.92 Å². The molecule has 1 aliphatic heterocycles. The molecule has 0 aromatic carbocycles. The standard InChI is InChI=1S/C20H36N4O3.HI/c1-4-17(5-2)19-13-18(27-24-19)14-23-20(21-3)22-9-6-10-26-15-16-7-11-25-12-8-16;/h13,16-17H,4-12,14-15H2,1-3H3,(H2,21,22,23);1H. The van der Waals surface area contributed by atoms with Crippen molar-refractivity contribution in [3.05, 3.63) is 17.5 Å². The van der Waals surface area contributed by atoms with E-state index >= 15 is 0 Å². The maximum absolute atomic E-state index is 5.79. The second-order valence-electron chi connectivity index (χ2n) is 7.07. The molecule has 1 aromatic heterocycles. The van der Waals surface area contributed by atoms with E-state index in [2.05, 4.69) is 34.6 Å². The normalized spacial score (nSPS) is 15.5. The Morgan fingerprint density at radius 1 is 1.29 bits per heavy atom. The third kappa shape index (κ3) is 9.09. The van der Waals surface area contributed by atoms with Crippen molar-refractivity contribution in [1.82, 2.24) is 15.8 Å². The maximum Gasteiger partial charge on any atom is 0.191 e. The number of guanidine groups is 1. The molecule has 0 atom stereocenters. The summed E-state index contributed by atoms with van der Waals surface area (Å²) in [5, 5.41) is 10.8. The Balaban J connectivity index is 0.00000392. The van der Waals surface area contributed by atoms with Crippen molar-refractivity contribution in [2.75, 3.05) is 40.0 Å². The molecule has 2 N–H and O–H groups in total. The summed E-state index contributed by atoms with van der Waals surface area (Å²) in [5.74, 6) is 2.73. The number of aliphatic imine (C=N–C) groups is 1. The summed E-state index contributed by atoms with van der Waals surface area (Å²) in [6.45, 7) is 9.13. The minimum Gasteiger partial charge on any atom is -0.381 e. The molecule has 8 heteroatoms. The summed E-state index contributed by atoms with van der Waals surface area (Å²) in [5.41, 5.74) is 1.04. The van der Waals surface area contributed by atoms with Gasteiger partial charge in [-0.3, -0.25) is 4.99 Å². The molecule has 1 aromatic rings. The SMILES string of the molecule is CCC(CC)c1cc(CNC(=NC)NCCCOCC2CCOCC2)on1.I. The van der Waals surface area contributed by atoms with Crippen molar-refractivity contribution < 1.29 is 14.0 Å². The first kappa shape index (κ1) is 25.2. The van der Waals surface area contributed by atoms with E-state index in [0.29, 0.717) is 18.4 Å². The lowest BCUT2D eigenvalue weighted by molar-refractivity contribution is 0.0203. The van der Waals surface area contributed by atoms with Gasteiger partial charge in [0.2, 0.25) is 0 Å². The summed E-state index contributed by atoms with van der Waals surface area (Å²) in [7, 11) is 1.77. The minimum atomic E-state index is 0. The molecule has 1 fully saturated rings. The van der Waals surface area contributed by atoms with Crippen LogP contribution >= 0.6 is 24.0 Å². The lowest BCUT2D eigenvalue weighted by atomic mass is 9.99. The van der Waals surface area contributed by atoms with Gasteiger partial charge in [0, 0.05) is 52.0 Å². The second-order valence-corrected chi connectivity index (χ2v) is 7.07. The Morgan fingerprint density at radius 2 is 2.04 bits per heavy atom. The van der Waals surface area contributed by atoms with Crippen LogP contribution in [-0.2, 0) is 16.0 Å². The smallest absolute Gasteiger partial charge is 0.191 e. The van der Waals surface area contributed by atoms with Crippen molar-refractivity contribution in [2.24, 2.45) is 10.9 Å². The number of ether oxygens (including phenoxy) is 2. The zero-order valence-electron chi connectivity index (χ0n) is 17.5. The number of nitrogens with zero attached hydrogens (tertiary/aromatic N) is 2. The molecule has 2 heterocycles. The van der Waals surface area contributed by atoms with E-state index in [1.165, 1.54) is 0 Å². The van der Waals surface area contributed by atoms with E-state index in [1.54, 1.807) is 7.05 Å². The molecule has 162 valence electrons. The van der Waals surface area contributed by atoms with Crippen LogP contribution in [0.4, 0.5) is 0 Å². The number of halogens is 1. The molecular formula is C20H37IN4O3. The highest BCUT2D eigenvalue weighted by atomic mass is 127. The van der Waals surface area contributed by atoms with Gasteiger partial charge in [0.25, 0.3) is 0 Å². The fourth-order valence-corrected chi connectivity index (χ4v) is 3.25. The van der Waals surface area contributed by atoms with E-state index in [9.17, 15) is 0 Å². The van der Waals surface area contributed by atoms with Crippen LogP contribution in [0.1, 0.15) is 63.3 Å². The summed E-state index contributed by atoms with van der Waals surface area (Å²) in [6, 6.07) is 2.04. The topological polar surface area (TPSA) is 80.9 Å². The zero-order valence-corrected chi connectivity index (χ0v) is 19.9. The van der Waals surface area contributed by atoms with Gasteiger partial charge < -0.3 is 24.6 Å².